The highest BCUT2D eigenvalue weighted by Crippen LogP contribution is 2.30. The minimum Gasteiger partial charge on any atom is -0.403 e. The molecule has 10 nitrogen and oxygen atoms in total. The predicted octanol–water partition coefficient (Wildman–Crippen LogP) is 3.87. The van der Waals surface area contributed by atoms with Crippen LogP contribution in [0.1, 0.15) is 24.7 Å². The lowest BCUT2D eigenvalue weighted by Crippen LogP contribution is -2.37. The van der Waals surface area contributed by atoms with E-state index in [0.717, 1.165) is 15.4 Å². The highest BCUT2D eigenvalue weighted by Gasteiger charge is 2.39. The number of alkyl halides is 6. The van der Waals surface area contributed by atoms with Gasteiger partial charge in [0.15, 0.2) is 29.3 Å². The molecule has 0 unspecified atom stereocenters. The second-order valence-electron chi connectivity index (χ2n) is 8.43. The number of nitrogens with zero attached hydrogens (tertiary/aromatic N) is 6. The number of halogens is 7. The van der Waals surface area contributed by atoms with E-state index in [1.54, 1.807) is 0 Å². The fraction of sp³-hybridized carbons (Fsp3) is 0.304. The first-order valence-electron chi connectivity index (χ1n) is 11.3. The maximum Gasteiger partial charge on any atom is 0.573 e. The number of aliphatic hydroxyl groups is 2. The Bertz CT molecular complexity index is 1550. The van der Waals surface area contributed by atoms with Crippen molar-refractivity contribution in [2.24, 2.45) is 0 Å². The first-order chi connectivity index (χ1) is 18.6. The van der Waals surface area contributed by atoms with Crippen molar-refractivity contribution in [3.05, 3.63) is 75.7 Å². The summed E-state index contributed by atoms with van der Waals surface area (Å²) >= 11 is 5.87. The van der Waals surface area contributed by atoms with E-state index in [1.165, 1.54) is 49.4 Å². The molecule has 17 heteroatoms. The zero-order valence-corrected chi connectivity index (χ0v) is 21.0. The van der Waals surface area contributed by atoms with Crippen LogP contribution in [0.4, 0.5) is 26.3 Å². The van der Waals surface area contributed by atoms with Gasteiger partial charge in [-0.1, -0.05) is 23.7 Å². The minimum absolute atomic E-state index is 0.205. The van der Waals surface area contributed by atoms with E-state index in [4.69, 9.17) is 11.6 Å². The van der Waals surface area contributed by atoms with Crippen molar-refractivity contribution in [3.8, 4) is 22.8 Å². The van der Waals surface area contributed by atoms with Crippen molar-refractivity contribution in [2.45, 2.75) is 44.8 Å². The van der Waals surface area contributed by atoms with Gasteiger partial charge in [0.2, 0.25) is 0 Å². The van der Waals surface area contributed by atoms with Crippen molar-refractivity contribution in [2.75, 3.05) is 0 Å². The van der Waals surface area contributed by atoms with Crippen LogP contribution in [0, 0.1) is 0 Å². The van der Waals surface area contributed by atoms with E-state index in [-0.39, 0.29) is 28.7 Å². The number of benzene rings is 2. The van der Waals surface area contributed by atoms with E-state index in [9.17, 15) is 41.4 Å². The molecule has 0 aliphatic rings. The molecule has 2 N–H and O–H groups in total. The van der Waals surface area contributed by atoms with Crippen LogP contribution < -0.4 is 10.4 Å². The molecule has 2 atom stereocenters. The maximum atomic E-state index is 13.1. The van der Waals surface area contributed by atoms with E-state index >= 15 is 0 Å². The van der Waals surface area contributed by atoms with E-state index < -0.39 is 49.3 Å². The smallest absolute Gasteiger partial charge is 0.403 e. The zero-order valence-electron chi connectivity index (χ0n) is 20.2. The van der Waals surface area contributed by atoms with Crippen molar-refractivity contribution in [1.29, 1.82) is 0 Å². The summed E-state index contributed by atoms with van der Waals surface area (Å²) in [7, 11) is 0. The van der Waals surface area contributed by atoms with Gasteiger partial charge in [-0.2, -0.15) is 13.2 Å². The molecule has 4 aromatic rings. The third-order valence-electron chi connectivity index (χ3n) is 5.42. The molecule has 0 spiro atoms. The molecule has 0 fully saturated rings. The number of ether oxygens (including phenoxy) is 1. The van der Waals surface area contributed by atoms with Crippen LogP contribution >= 0.6 is 11.6 Å². The van der Waals surface area contributed by atoms with Crippen LogP contribution in [0.15, 0.2) is 53.3 Å². The molecule has 214 valence electrons. The van der Waals surface area contributed by atoms with Gasteiger partial charge < -0.3 is 14.9 Å². The Morgan fingerprint density at radius 3 is 2.25 bits per heavy atom. The molecule has 0 radical (unpaired) electrons. The second-order valence-corrected chi connectivity index (χ2v) is 8.86. The Balaban J connectivity index is 1.78. The zero-order chi connectivity index (χ0) is 29.4. The van der Waals surface area contributed by atoms with Gasteiger partial charge in [0.25, 0.3) is 0 Å². The monoisotopic (exact) mass is 592 g/mol. The fourth-order valence-electron chi connectivity index (χ4n) is 3.66. The van der Waals surface area contributed by atoms with Crippen LogP contribution in [0.2, 0.25) is 5.02 Å². The average Bonchev–Trinajstić information content (AvgIpc) is 3.40. The Kier molecular flexibility index (Phi) is 7.96. The van der Waals surface area contributed by atoms with Gasteiger partial charge >= 0.3 is 18.2 Å². The Hall–Kier alpha value is -3.89. The van der Waals surface area contributed by atoms with Crippen molar-refractivity contribution >= 4 is 11.6 Å². The molecule has 2 heterocycles. The normalized spacial score (nSPS) is 13.8. The van der Waals surface area contributed by atoms with Gasteiger partial charge in [-0.05, 0) is 43.3 Å². The molecule has 0 saturated carbocycles. The molecular weight excluding hydrogens is 574 g/mol. The summed E-state index contributed by atoms with van der Waals surface area (Å²) in [5.41, 5.74) is -1.09. The fourth-order valence-corrected chi connectivity index (χ4v) is 3.78. The predicted molar refractivity (Wildman–Crippen MR) is 127 cm³/mol. The lowest BCUT2D eigenvalue weighted by atomic mass is 10.2. The molecule has 0 saturated heterocycles. The molecule has 0 aliphatic heterocycles. The summed E-state index contributed by atoms with van der Waals surface area (Å²) in [5.74, 6) is -1.32. The molecule has 4 rings (SSSR count). The molecule has 0 bridgehead atoms. The van der Waals surface area contributed by atoms with Gasteiger partial charge in [0.1, 0.15) is 18.3 Å². The Morgan fingerprint density at radius 1 is 1.00 bits per heavy atom. The summed E-state index contributed by atoms with van der Waals surface area (Å²) in [6.07, 6.45) is -14.3. The molecule has 2 aromatic heterocycles. The summed E-state index contributed by atoms with van der Waals surface area (Å²) in [6.45, 7) is -0.456. The summed E-state index contributed by atoms with van der Waals surface area (Å²) in [4.78, 5) is 17.2. The summed E-state index contributed by atoms with van der Waals surface area (Å²) in [6, 6.07) is 10.6. The number of hydrogen-bond acceptors (Lipinski definition) is 7. The Labute approximate surface area is 225 Å². The molecule has 40 heavy (non-hydrogen) atoms. The number of rotatable bonds is 8. The van der Waals surface area contributed by atoms with E-state index in [0.29, 0.717) is 9.59 Å². The van der Waals surface area contributed by atoms with Crippen molar-refractivity contribution in [1.82, 2.24) is 29.1 Å². The molecule has 2 aromatic carbocycles. The highest BCUT2D eigenvalue weighted by atomic mass is 35.5. The molecule has 0 amide bonds. The van der Waals surface area contributed by atoms with Crippen LogP contribution in [0.5, 0.6) is 5.75 Å². The SMILES string of the molecule is C[C@@H](O)c1nc(Cn2nc(-c3ccc(Cl)cc3)n(C[C@H](O)C(F)(F)F)c2=O)nn1-c1ccccc1OC(F)(F)F. The van der Waals surface area contributed by atoms with Crippen LogP contribution in [-0.4, -0.2) is 58.0 Å². The lowest BCUT2D eigenvalue weighted by Gasteiger charge is -2.15. The second kappa shape index (κ2) is 10.9. The van der Waals surface area contributed by atoms with Gasteiger partial charge in [-0.15, -0.1) is 23.4 Å². The topological polar surface area (TPSA) is 120 Å². The van der Waals surface area contributed by atoms with Crippen LogP contribution in [-0.2, 0) is 13.1 Å². The number of aliphatic hydroxyl groups excluding tert-OH is 2. The van der Waals surface area contributed by atoms with E-state index in [2.05, 4.69) is 19.9 Å². The number of aromatic nitrogens is 6. The lowest BCUT2D eigenvalue weighted by molar-refractivity contribution is -0.274. The minimum atomic E-state index is -5.04. The Morgan fingerprint density at radius 2 is 1.65 bits per heavy atom. The third kappa shape index (κ3) is 6.46. The van der Waals surface area contributed by atoms with Crippen LogP contribution in [0.25, 0.3) is 17.1 Å². The van der Waals surface area contributed by atoms with Gasteiger partial charge in [-0.3, -0.25) is 4.57 Å². The van der Waals surface area contributed by atoms with Gasteiger partial charge in [-0.25, -0.2) is 19.1 Å². The molecule has 0 aliphatic carbocycles. The van der Waals surface area contributed by atoms with Gasteiger partial charge in [0, 0.05) is 10.6 Å². The first-order valence-corrected chi connectivity index (χ1v) is 11.7. The standard InChI is InChI=1S/C23H19ClF6N6O4/c1-12(37)19-31-18(32-36(19)15-4-2-3-5-16(15)40-23(28,29)30)11-35-21(39)34(10-17(38)22(25,26)27)20(33-35)13-6-8-14(24)9-7-13/h2-9,12,17,37-38H,10-11H2,1H3/t12-,17+/m1/s1. The first kappa shape index (κ1) is 29.1. The summed E-state index contributed by atoms with van der Waals surface area (Å²) < 4.78 is 84.3. The maximum absolute atomic E-state index is 13.1. The number of hydrogen-bond donors (Lipinski definition) is 2. The highest BCUT2D eigenvalue weighted by molar-refractivity contribution is 6.30. The average molecular weight is 593 g/mol. The molecular formula is C23H19ClF6N6O4. The van der Waals surface area contributed by atoms with Gasteiger partial charge in [0.05, 0.1) is 6.54 Å². The van der Waals surface area contributed by atoms with Crippen molar-refractivity contribution < 1.29 is 41.3 Å². The van der Waals surface area contributed by atoms with E-state index in [1.807, 2.05) is 0 Å². The number of para-hydroxylation sites is 2. The van der Waals surface area contributed by atoms with Crippen LogP contribution in [0.3, 0.4) is 0 Å². The third-order valence-corrected chi connectivity index (χ3v) is 5.67. The summed E-state index contributed by atoms with van der Waals surface area (Å²) in [5, 5.41) is 28.3. The van der Waals surface area contributed by atoms with Crippen molar-refractivity contribution in [3.63, 3.8) is 0 Å². The quantitative estimate of drug-likeness (QED) is 0.298. The largest absolute Gasteiger partial charge is 0.573 e.